The molecule has 0 aliphatic carbocycles. The molecule has 0 bridgehead atoms. The Labute approximate surface area is 142 Å². The third kappa shape index (κ3) is 3.54. The summed E-state index contributed by atoms with van der Waals surface area (Å²) >= 11 is 0. The van der Waals surface area contributed by atoms with Gasteiger partial charge >= 0.3 is 0 Å². The van der Waals surface area contributed by atoms with Crippen LogP contribution in [-0.4, -0.2) is 34.3 Å². The smallest absolute Gasteiger partial charge is 0.266 e. The van der Waals surface area contributed by atoms with Crippen LogP contribution >= 0.6 is 0 Å². The molecule has 0 atom stereocenters. The van der Waals surface area contributed by atoms with Gasteiger partial charge in [-0.15, -0.1) is 0 Å². The van der Waals surface area contributed by atoms with Crippen LogP contribution in [0.2, 0.25) is 0 Å². The van der Waals surface area contributed by atoms with Gasteiger partial charge in [0.25, 0.3) is 5.56 Å². The average Bonchev–Trinajstić information content (AvgIpc) is 2.63. The number of aromatic nitrogens is 2. The van der Waals surface area contributed by atoms with Crippen LogP contribution < -0.4 is 5.56 Å². The zero-order valence-corrected chi connectivity index (χ0v) is 14.3. The molecule has 124 valence electrons. The average molecular weight is 321 g/mol. The normalized spacial score (nSPS) is 11.3. The third-order valence-electron chi connectivity index (χ3n) is 4.43. The Morgan fingerprint density at radius 3 is 2.46 bits per heavy atom. The minimum atomic E-state index is -0.0494. The Bertz CT molecular complexity index is 881. The largest absolute Gasteiger partial charge is 0.302 e. The molecule has 0 N–H and O–H groups in total. The third-order valence-corrected chi connectivity index (χ3v) is 4.43. The lowest BCUT2D eigenvalue weighted by atomic mass is 10.1. The summed E-state index contributed by atoms with van der Waals surface area (Å²) in [4.78, 5) is 14.4. The first-order valence-corrected chi connectivity index (χ1v) is 8.51. The molecule has 1 aromatic heterocycles. The summed E-state index contributed by atoms with van der Waals surface area (Å²) in [5.41, 5.74) is 1.82. The zero-order chi connectivity index (χ0) is 16.9. The fourth-order valence-electron chi connectivity index (χ4n) is 2.89. The standard InChI is InChI=1S/C20H23N3O/c1-3-22(4-2)13-14-23-20(24)12-11-19(21-23)18-10-9-16-7-5-6-8-17(16)15-18/h5-12,15H,3-4,13-14H2,1-2H3. The summed E-state index contributed by atoms with van der Waals surface area (Å²) in [6.45, 7) is 7.67. The second-order valence-electron chi connectivity index (χ2n) is 5.87. The summed E-state index contributed by atoms with van der Waals surface area (Å²) in [6.07, 6.45) is 0. The lowest BCUT2D eigenvalue weighted by molar-refractivity contribution is 0.283. The number of rotatable bonds is 6. The molecule has 0 aliphatic heterocycles. The van der Waals surface area contributed by atoms with E-state index in [9.17, 15) is 4.79 Å². The first-order chi connectivity index (χ1) is 11.7. The van der Waals surface area contributed by atoms with E-state index in [0.29, 0.717) is 6.54 Å². The van der Waals surface area contributed by atoms with E-state index in [0.717, 1.165) is 30.9 Å². The van der Waals surface area contributed by atoms with Gasteiger partial charge in [-0.1, -0.05) is 50.2 Å². The minimum Gasteiger partial charge on any atom is -0.302 e. The Balaban J connectivity index is 1.90. The molecule has 2 aromatic carbocycles. The van der Waals surface area contributed by atoms with Crippen molar-refractivity contribution in [3.05, 3.63) is 65.0 Å². The van der Waals surface area contributed by atoms with Gasteiger partial charge in [-0.25, -0.2) is 4.68 Å². The summed E-state index contributed by atoms with van der Waals surface area (Å²) < 4.78 is 1.57. The van der Waals surface area contributed by atoms with Crippen LogP contribution in [0.4, 0.5) is 0 Å². The number of hydrogen-bond acceptors (Lipinski definition) is 3. The molecule has 0 saturated carbocycles. The van der Waals surface area contributed by atoms with Crippen molar-refractivity contribution < 1.29 is 0 Å². The Kier molecular flexibility index (Phi) is 5.06. The van der Waals surface area contributed by atoms with E-state index < -0.39 is 0 Å². The summed E-state index contributed by atoms with van der Waals surface area (Å²) in [5, 5.41) is 6.95. The van der Waals surface area contributed by atoms with Crippen LogP contribution in [0, 0.1) is 0 Å². The lowest BCUT2D eigenvalue weighted by Crippen LogP contribution is -2.31. The highest BCUT2D eigenvalue weighted by molar-refractivity contribution is 5.86. The first-order valence-electron chi connectivity index (χ1n) is 8.51. The van der Waals surface area contributed by atoms with Crippen molar-refractivity contribution >= 4 is 10.8 Å². The molecule has 4 heteroatoms. The van der Waals surface area contributed by atoms with Crippen molar-refractivity contribution in [3.8, 4) is 11.3 Å². The summed E-state index contributed by atoms with van der Waals surface area (Å²) in [5.74, 6) is 0. The summed E-state index contributed by atoms with van der Waals surface area (Å²) in [7, 11) is 0. The van der Waals surface area contributed by atoms with E-state index in [-0.39, 0.29) is 5.56 Å². The summed E-state index contributed by atoms with van der Waals surface area (Å²) in [6, 6.07) is 17.9. The number of hydrogen-bond donors (Lipinski definition) is 0. The van der Waals surface area contributed by atoms with Crippen LogP contribution in [-0.2, 0) is 6.54 Å². The molecule has 0 aliphatic rings. The van der Waals surface area contributed by atoms with Crippen LogP contribution in [0.15, 0.2) is 59.4 Å². The number of fused-ring (bicyclic) bond motifs is 1. The number of likely N-dealkylation sites (N-methyl/N-ethyl adjacent to an activating group) is 1. The Morgan fingerprint density at radius 2 is 1.71 bits per heavy atom. The minimum absolute atomic E-state index is 0.0494. The van der Waals surface area contributed by atoms with Gasteiger partial charge in [-0.3, -0.25) is 4.79 Å². The molecule has 0 unspecified atom stereocenters. The van der Waals surface area contributed by atoms with Crippen molar-refractivity contribution in [2.75, 3.05) is 19.6 Å². The molecule has 0 amide bonds. The highest BCUT2D eigenvalue weighted by Gasteiger charge is 2.06. The van der Waals surface area contributed by atoms with E-state index in [4.69, 9.17) is 0 Å². The second-order valence-corrected chi connectivity index (χ2v) is 5.87. The fourth-order valence-corrected chi connectivity index (χ4v) is 2.89. The molecule has 24 heavy (non-hydrogen) atoms. The van der Waals surface area contributed by atoms with E-state index in [2.05, 4.69) is 54.2 Å². The topological polar surface area (TPSA) is 38.1 Å². The highest BCUT2D eigenvalue weighted by Crippen LogP contribution is 2.22. The first kappa shape index (κ1) is 16.4. The van der Waals surface area contributed by atoms with Crippen molar-refractivity contribution in [2.45, 2.75) is 20.4 Å². The van der Waals surface area contributed by atoms with E-state index in [1.54, 1.807) is 16.8 Å². The maximum Gasteiger partial charge on any atom is 0.266 e. The molecule has 0 spiro atoms. The molecule has 0 radical (unpaired) electrons. The number of nitrogens with zero attached hydrogens (tertiary/aromatic N) is 3. The predicted octanol–water partition coefficient (Wildman–Crippen LogP) is 3.41. The van der Waals surface area contributed by atoms with Gasteiger partial charge in [0.05, 0.1) is 12.2 Å². The predicted molar refractivity (Wildman–Crippen MR) is 99.2 cm³/mol. The monoisotopic (exact) mass is 321 g/mol. The highest BCUT2D eigenvalue weighted by atomic mass is 16.1. The number of benzene rings is 2. The SMILES string of the molecule is CCN(CC)CCn1nc(-c2ccc3ccccc3c2)ccc1=O. The molecule has 4 nitrogen and oxygen atoms in total. The van der Waals surface area contributed by atoms with Crippen LogP contribution in [0.25, 0.3) is 22.0 Å². The van der Waals surface area contributed by atoms with E-state index >= 15 is 0 Å². The van der Waals surface area contributed by atoms with E-state index in [1.165, 1.54) is 10.8 Å². The van der Waals surface area contributed by atoms with Gasteiger partial charge in [0.15, 0.2) is 0 Å². The molecule has 3 aromatic rings. The van der Waals surface area contributed by atoms with Crippen LogP contribution in [0.1, 0.15) is 13.8 Å². The van der Waals surface area contributed by atoms with E-state index in [1.807, 2.05) is 12.1 Å². The maximum atomic E-state index is 12.1. The van der Waals surface area contributed by atoms with Gasteiger partial charge in [0.2, 0.25) is 0 Å². The van der Waals surface area contributed by atoms with Crippen LogP contribution in [0.5, 0.6) is 0 Å². The van der Waals surface area contributed by atoms with Gasteiger partial charge in [-0.05, 0) is 36.0 Å². The molecular weight excluding hydrogens is 298 g/mol. The quantitative estimate of drug-likeness (QED) is 0.698. The molecule has 1 heterocycles. The van der Waals surface area contributed by atoms with Gasteiger partial charge in [0, 0.05) is 18.2 Å². The maximum absolute atomic E-state index is 12.1. The second kappa shape index (κ2) is 7.41. The van der Waals surface area contributed by atoms with Gasteiger partial charge < -0.3 is 4.90 Å². The Hall–Kier alpha value is -2.46. The van der Waals surface area contributed by atoms with Gasteiger partial charge in [-0.2, -0.15) is 5.10 Å². The Morgan fingerprint density at radius 1 is 0.958 bits per heavy atom. The molecule has 3 rings (SSSR count). The van der Waals surface area contributed by atoms with Crippen LogP contribution in [0.3, 0.4) is 0 Å². The molecular formula is C20H23N3O. The van der Waals surface area contributed by atoms with Gasteiger partial charge in [0.1, 0.15) is 0 Å². The zero-order valence-electron chi connectivity index (χ0n) is 14.3. The van der Waals surface area contributed by atoms with Crippen molar-refractivity contribution in [1.82, 2.24) is 14.7 Å². The molecule has 0 fully saturated rings. The van der Waals surface area contributed by atoms with Crippen molar-refractivity contribution in [2.24, 2.45) is 0 Å². The lowest BCUT2D eigenvalue weighted by Gasteiger charge is -2.18. The fraction of sp³-hybridized carbons (Fsp3) is 0.300. The van der Waals surface area contributed by atoms with Crippen molar-refractivity contribution in [1.29, 1.82) is 0 Å². The molecule has 0 saturated heterocycles. The van der Waals surface area contributed by atoms with Crippen molar-refractivity contribution in [3.63, 3.8) is 0 Å².